The monoisotopic (exact) mass is 255 g/mol. The molecular formula is C12H14ClNO3. The van der Waals surface area contributed by atoms with Crippen molar-refractivity contribution < 1.29 is 14.6 Å². The first-order valence-corrected chi connectivity index (χ1v) is 5.49. The number of benzene rings is 1. The molecule has 0 spiro atoms. The maximum Gasteiger partial charge on any atom is 0.293 e. The zero-order valence-electron chi connectivity index (χ0n) is 9.66. The Bertz CT molecular complexity index is 469. The first-order chi connectivity index (χ1) is 8.08. The number of halogens is 1. The molecule has 92 valence electrons. The summed E-state index contributed by atoms with van der Waals surface area (Å²) in [6, 6.07) is 5.36. The van der Waals surface area contributed by atoms with Gasteiger partial charge in [0.25, 0.3) is 6.47 Å². The number of aromatic amines is 1. The smallest absolute Gasteiger partial charge is 0.293 e. The molecule has 0 fully saturated rings. The van der Waals surface area contributed by atoms with Crippen molar-refractivity contribution >= 4 is 29.0 Å². The highest BCUT2D eigenvalue weighted by Crippen LogP contribution is 2.28. The predicted molar refractivity (Wildman–Crippen MR) is 67.4 cm³/mol. The van der Waals surface area contributed by atoms with Crippen molar-refractivity contribution in [1.29, 1.82) is 0 Å². The molecule has 2 aromatic rings. The van der Waals surface area contributed by atoms with Gasteiger partial charge in [-0.2, -0.15) is 0 Å². The number of nitrogens with one attached hydrogen (secondary N) is 1. The van der Waals surface area contributed by atoms with Crippen LogP contribution in [0.15, 0.2) is 18.2 Å². The second kappa shape index (κ2) is 6.15. The average molecular weight is 256 g/mol. The van der Waals surface area contributed by atoms with Crippen LogP contribution in [-0.2, 0) is 9.53 Å². The first-order valence-electron chi connectivity index (χ1n) is 5.11. The van der Waals surface area contributed by atoms with Gasteiger partial charge in [-0.15, -0.1) is 0 Å². The lowest BCUT2D eigenvalue weighted by Gasteiger charge is -1.95. The first kappa shape index (κ1) is 13.4. The third-order valence-electron chi connectivity index (χ3n) is 2.06. The number of aryl methyl sites for hydroxylation is 1. The highest BCUT2D eigenvalue weighted by Gasteiger charge is 2.02. The predicted octanol–water partition coefficient (Wildman–Crippen LogP) is 3.01. The highest BCUT2D eigenvalue weighted by atomic mass is 35.5. The molecular weight excluding hydrogens is 242 g/mol. The van der Waals surface area contributed by atoms with Crippen molar-refractivity contribution in [2.75, 3.05) is 6.61 Å². The highest BCUT2D eigenvalue weighted by molar-refractivity contribution is 6.32. The summed E-state index contributed by atoms with van der Waals surface area (Å²) in [7, 11) is 0. The quantitative estimate of drug-likeness (QED) is 0.811. The number of H-pyrrole nitrogens is 1. The topological polar surface area (TPSA) is 62.3 Å². The Kier molecular flexibility index (Phi) is 4.84. The Balaban J connectivity index is 0.000000249. The lowest BCUT2D eigenvalue weighted by molar-refractivity contribution is -0.128. The van der Waals surface area contributed by atoms with Crippen LogP contribution in [0.3, 0.4) is 0 Å². The molecule has 0 bridgehead atoms. The second-order valence-electron chi connectivity index (χ2n) is 3.39. The van der Waals surface area contributed by atoms with Crippen LogP contribution in [0.5, 0.6) is 5.75 Å². The van der Waals surface area contributed by atoms with Gasteiger partial charge in [0.05, 0.1) is 11.6 Å². The minimum absolute atomic E-state index is 0.117. The second-order valence-corrected chi connectivity index (χ2v) is 3.80. The lowest BCUT2D eigenvalue weighted by atomic mass is 10.2. The van der Waals surface area contributed by atoms with E-state index in [1.165, 1.54) is 0 Å². The fraction of sp³-hybridized carbons (Fsp3) is 0.250. The molecule has 0 aliphatic heterocycles. The fourth-order valence-electron chi connectivity index (χ4n) is 1.35. The van der Waals surface area contributed by atoms with E-state index in [9.17, 15) is 9.90 Å². The molecule has 0 saturated heterocycles. The lowest BCUT2D eigenvalue weighted by Crippen LogP contribution is -1.80. The van der Waals surface area contributed by atoms with E-state index in [-0.39, 0.29) is 5.75 Å². The number of fused-ring (bicyclic) bond motifs is 1. The number of aromatic hydroxyl groups is 1. The Morgan fingerprint density at radius 1 is 1.47 bits per heavy atom. The molecule has 0 aliphatic rings. The molecule has 1 aromatic carbocycles. The number of ether oxygens (including phenoxy) is 1. The molecule has 1 aromatic heterocycles. The van der Waals surface area contributed by atoms with E-state index in [0.717, 1.165) is 16.6 Å². The van der Waals surface area contributed by atoms with Crippen LogP contribution >= 0.6 is 11.6 Å². The Hall–Kier alpha value is -1.68. The summed E-state index contributed by atoms with van der Waals surface area (Å²) in [5.74, 6) is 0.117. The molecule has 2 N–H and O–H groups in total. The van der Waals surface area contributed by atoms with Gasteiger partial charge in [-0.1, -0.05) is 11.6 Å². The van der Waals surface area contributed by atoms with E-state index in [2.05, 4.69) is 9.72 Å². The number of aromatic nitrogens is 1. The van der Waals surface area contributed by atoms with E-state index >= 15 is 0 Å². The standard InChI is InChI=1S/C9H8ClNO.C3H6O2/c1-5-2-6-3-7(10)9(12)4-8(6)11-5;1-2-5-3-4/h2-4,11-12H,1H3;3H,2H2,1H3. The van der Waals surface area contributed by atoms with E-state index in [1.54, 1.807) is 19.1 Å². The van der Waals surface area contributed by atoms with Crippen LogP contribution in [0.4, 0.5) is 0 Å². The van der Waals surface area contributed by atoms with Crippen molar-refractivity contribution in [2.45, 2.75) is 13.8 Å². The van der Waals surface area contributed by atoms with Gasteiger partial charge in [-0.25, -0.2) is 0 Å². The van der Waals surface area contributed by atoms with E-state index in [1.807, 2.05) is 13.0 Å². The largest absolute Gasteiger partial charge is 0.506 e. The summed E-state index contributed by atoms with van der Waals surface area (Å²) in [6.45, 7) is 4.63. The Morgan fingerprint density at radius 3 is 2.71 bits per heavy atom. The molecule has 0 aliphatic carbocycles. The summed E-state index contributed by atoms with van der Waals surface area (Å²) in [6.07, 6.45) is 0. The Labute approximate surface area is 104 Å². The van der Waals surface area contributed by atoms with Crippen LogP contribution in [0.1, 0.15) is 12.6 Å². The summed E-state index contributed by atoms with van der Waals surface area (Å²) in [5.41, 5.74) is 1.97. The molecule has 0 amide bonds. The summed E-state index contributed by atoms with van der Waals surface area (Å²) in [4.78, 5) is 12.3. The number of hydrogen-bond acceptors (Lipinski definition) is 3. The number of carbonyl (C=O) groups excluding carboxylic acids is 1. The summed E-state index contributed by atoms with van der Waals surface area (Å²) in [5, 5.41) is 10.7. The van der Waals surface area contributed by atoms with Gasteiger partial charge >= 0.3 is 0 Å². The van der Waals surface area contributed by atoms with Gasteiger partial charge in [-0.05, 0) is 26.0 Å². The SMILES string of the molecule is CCOC=O.Cc1cc2cc(Cl)c(O)cc2[nH]1. The maximum atomic E-state index is 9.27. The van der Waals surface area contributed by atoms with Crippen LogP contribution in [0.2, 0.25) is 5.02 Å². The number of rotatable bonds is 2. The van der Waals surface area contributed by atoms with E-state index in [0.29, 0.717) is 18.1 Å². The molecule has 17 heavy (non-hydrogen) atoms. The molecule has 1 heterocycles. The average Bonchev–Trinajstić information content (AvgIpc) is 2.60. The molecule has 0 saturated carbocycles. The van der Waals surface area contributed by atoms with Crippen LogP contribution in [0, 0.1) is 6.92 Å². The van der Waals surface area contributed by atoms with Gasteiger partial charge in [0.15, 0.2) is 0 Å². The number of hydrogen-bond donors (Lipinski definition) is 2. The number of carbonyl (C=O) groups is 1. The van der Waals surface area contributed by atoms with Crippen LogP contribution in [-0.4, -0.2) is 23.2 Å². The van der Waals surface area contributed by atoms with Crippen molar-refractivity contribution in [3.63, 3.8) is 0 Å². The van der Waals surface area contributed by atoms with Crippen molar-refractivity contribution in [1.82, 2.24) is 4.98 Å². The van der Waals surface area contributed by atoms with Gasteiger partial charge in [-0.3, -0.25) is 4.79 Å². The third kappa shape index (κ3) is 3.67. The van der Waals surface area contributed by atoms with Crippen LogP contribution < -0.4 is 0 Å². The zero-order chi connectivity index (χ0) is 12.8. The zero-order valence-corrected chi connectivity index (χ0v) is 10.4. The van der Waals surface area contributed by atoms with Crippen molar-refractivity contribution in [2.24, 2.45) is 0 Å². The minimum Gasteiger partial charge on any atom is -0.506 e. The van der Waals surface area contributed by atoms with Gasteiger partial charge in [0.2, 0.25) is 0 Å². The number of phenols is 1. The number of phenolic OH excluding ortho intramolecular Hbond substituents is 1. The van der Waals surface area contributed by atoms with Gasteiger partial charge < -0.3 is 14.8 Å². The van der Waals surface area contributed by atoms with Crippen LogP contribution in [0.25, 0.3) is 10.9 Å². The molecule has 0 atom stereocenters. The Morgan fingerprint density at radius 2 is 2.18 bits per heavy atom. The minimum atomic E-state index is 0.117. The van der Waals surface area contributed by atoms with Crippen molar-refractivity contribution in [3.8, 4) is 5.75 Å². The van der Waals surface area contributed by atoms with Crippen molar-refractivity contribution in [3.05, 3.63) is 28.9 Å². The fourth-order valence-corrected chi connectivity index (χ4v) is 1.53. The molecule has 0 unspecified atom stereocenters. The maximum absolute atomic E-state index is 9.27. The van der Waals surface area contributed by atoms with E-state index < -0.39 is 0 Å². The summed E-state index contributed by atoms with van der Waals surface area (Å²) >= 11 is 5.73. The van der Waals surface area contributed by atoms with E-state index in [4.69, 9.17) is 11.6 Å². The normalized spacial score (nSPS) is 9.59. The summed E-state index contributed by atoms with van der Waals surface area (Å²) < 4.78 is 4.15. The molecule has 4 nitrogen and oxygen atoms in total. The molecule has 5 heteroatoms. The molecule has 2 rings (SSSR count). The molecule has 0 radical (unpaired) electrons. The van der Waals surface area contributed by atoms with Gasteiger partial charge in [0.1, 0.15) is 5.75 Å². The van der Waals surface area contributed by atoms with Gasteiger partial charge in [0, 0.05) is 22.7 Å². The third-order valence-corrected chi connectivity index (χ3v) is 2.36.